The number of nitrogen functional groups attached to an aromatic ring is 1. The first-order valence-corrected chi connectivity index (χ1v) is 18.6. The van der Waals surface area contributed by atoms with Crippen LogP contribution in [0.25, 0.3) is 22.1 Å². The SMILES string of the molecule is Nc1ccc(Cn2c(=O)n(Cc3ccc(OC(F)(F)F)cc3)c3ccccc32)cc1.O=c1n(Cc2ccc(OC(F)(F)F)cc2)c2ccccc2n1Cc1ccc([N+](=O)[O-])cc1.[3HH].[U]. The molecule has 0 aliphatic heterocycles. The van der Waals surface area contributed by atoms with Crippen LogP contribution in [0.2, 0.25) is 0 Å². The molecule has 6 aromatic carbocycles. The molecule has 0 fully saturated rings. The third-order valence-electron chi connectivity index (χ3n) is 9.65. The van der Waals surface area contributed by atoms with E-state index in [0.717, 1.165) is 16.6 Å². The van der Waals surface area contributed by atoms with E-state index >= 15 is 0 Å². The first-order chi connectivity index (χ1) is 29.5. The average Bonchev–Trinajstić information content (AvgIpc) is 3.64. The molecule has 0 atom stereocenters. The maximum atomic E-state index is 13.2. The molecule has 324 valence electrons. The number of nitrogens with two attached hydrogens (primary N) is 1. The Morgan fingerprint density at radius 2 is 0.762 bits per heavy atom. The Morgan fingerprint density at radius 3 is 1.03 bits per heavy atom. The van der Waals surface area contributed by atoms with Crippen LogP contribution < -0.4 is 26.6 Å². The number of non-ortho nitro benzene ring substituents is 1. The molecule has 0 aliphatic rings. The number of rotatable bonds is 11. The van der Waals surface area contributed by atoms with Gasteiger partial charge in [-0.05, 0) is 82.9 Å². The summed E-state index contributed by atoms with van der Waals surface area (Å²) >= 11 is 0. The van der Waals surface area contributed by atoms with Crippen molar-refractivity contribution in [3.8, 4) is 11.5 Å². The van der Waals surface area contributed by atoms with Crippen molar-refractivity contribution in [1.29, 1.82) is 0 Å². The molecule has 8 rings (SSSR count). The van der Waals surface area contributed by atoms with Crippen molar-refractivity contribution >= 4 is 33.4 Å². The van der Waals surface area contributed by atoms with Gasteiger partial charge >= 0.3 is 24.1 Å². The van der Waals surface area contributed by atoms with E-state index in [-0.39, 0.29) is 80.7 Å². The van der Waals surface area contributed by atoms with Gasteiger partial charge in [-0.25, -0.2) is 9.59 Å². The van der Waals surface area contributed by atoms with Gasteiger partial charge in [0.2, 0.25) is 0 Å². The molecular weight excluding hydrogens is 1060 g/mol. The zero-order valence-corrected chi connectivity index (χ0v) is 36.9. The van der Waals surface area contributed by atoms with Gasteiger partial charge in [0.25, 0.3) is 5.69 Å². The number of nitrogens with zero attached hydrogens (tertiary/aromatic N) is 5. The molecule has 19 heteroatoms. The maximum absolute atomic E-state index is 13.2. The zero-order chi connectivity index (χ0) is 44.2. The summed E-state index contributed by atoms with van der Waals surface area (Å²) in [5.41, 5.74) is 11.6. The van der Waals surface area contributed by atoms with Crippen LogP contribution in [0.3, 0.4) is 0 Å². The Bertz CT molecular complexity index is 2970. The van der Waals surface area contributed by atoms with Gasteiger partial charge in [-0.2, -0.15) is 0 Å². The Hall–Kier alpha value is -6.71. The van der Waals surface area contributed by atoms with Crippen LogP contribution in [0.15, 0.2) is 155 Å². The molecule has 2 N–H and O–H groups in total. The van der Waals surface area contributed by atoms with Gasteiger partial charge in [-0.3, -0.25) is 28.4 Å². The van der Waals surface area contributed by atoms with Gasteiger partial charge in [-0.1, -0.05) is 72.8 Å². The molecule has 0 unspecified atom stereocenters. The summed E-state index contributed by atoms with van der Waals surface area (Å²) in [6.45, 7) is 0.965. The van der Waals surface area contributed by atoms with Crippen molar-refractivity contribution in [2.75, 3.05) is 5.73 Å². The quantitative estimate of drug-likeness (QED) is 0.0589. The van der Waals surface area contributed by atoms with E-state index in [1.165, 1.54) is 65.2 Å². The minimum atomic E-state index is -4.77. The number of anilines is 1. The monoisotopic (exact) mass is 1100 g/mol. The first kappa shape index (κ1) is 45.8. The van der Waals surface area contributed by atoms with Gasteiger partial charge in [0.05, 0.1) is 53.2 Å². The number of fused-ring (bicyclic) bond motifs is 2. The summed E-state index contributed by atoms with van der Waals surface area (Å²) < 4.78 is 88.2. The summed E-state index contributed by atoms with van der Waals surface area (Å²) in [4.78, 5) is 36.7. The molecule has 0 amide bonds. The fraction of sp³-hybridized carbons (Fsp3) is 0.136. The van der Waals surface area contributed by atoms with E-state index in [0.29, 0.717) is 40.0 Å². The minimum absolute atomic E-state index is 0. The molecule has 0 spiro atoms. The normalized spacial score (nSPS) is 11.5. The fourth-order valence-electron chi connectivity index (χ4n) is 6.83. The van der Waals surface area contributed by atoms with Crippen molar-refractivity contribution in [1.82, 2.24) is 18.3 Å². The third kappa shape index (κ3) is 11.4. The van der Waals surface area contributed by atoms with Gasteiger partial charge < -0.3 is 15.2 Å². The summed E-state index contributed by atoms with van der Waals surface area (Å²) in [5, 5.41) is 10.8. The summed E-state index contributed by atoms with van der Waals surface area (Å²) in [6, 6.07) is 38.6. The molecule has 0 bridgehead atoms. The average molecular weight is 1100 g/mol. The van der Waals surface area contributed by atoms with Crippen LogP contribution in [-0.4, -0.2) is 35.9 Å². The van der Waals surface area contributed by atoms with E-state index in [2.05, 4.69) is 9.47 Å². The number of halogens is 6. The molecule has 12 nitrogen and oxygen atoms in total. The van der Waals surface area contributed by atoms with E-state index in [4.69, 9.17) is 5.73 Å². The molecule has 0 radical (unpaired) electrons. The molecule has 0 saturated carbocycles. The predicted molar refractivity (Wildman–Crippen MR) is 221 cm³/mol. The van der Waals surface area contributed by atoms with Crippen molar-refractivity contribution in [3.63, 3.8) is 0 Å². The zero-order valence-electron chi connectivity index (χ0n) is 32.7. The third-order valence-corrected chi connectivity index (χ3v) is 9.65. The van der Waals surface area contributed by atoms with Crippen molar-refractivity contribution in [2.24, 2.45) is 0 Å². The largest absolute Gasteiger partial charge is 0.573 e. The van der Waals surface area contributed by atoms with Crippen molar-refractivity contribution in [2.45, 2.75) is 38.9 Å². The van der Waals surface area contributed by atoms with Crippen LogP contribution in [0.4, 0.5) is 37.7 Å². The topological polar surface area (TPSA) is 141 Å². The van der Waals surface area contributed by atoms with Crippen molar-refractivity contribution in [3.05, 3.63) is 199 Å². The Balaban J connectivity index is 0.000000234. The number of hydrogen-bond donors (Lipinski definition) is 1. The molecule has 63 heavy (non-hydrogen) atoms. The molecule has 2 heterocycles. The summed E-state index contributed by atoms with van der Waals surface area (Å²) in [5.74, 6) is -0.640. The van der Waals surface area contributed by atoms with Crippen LogP contribution >= 0.6 is 0 Å². The Morgan fingerprint density at radius 1 is 0.492 bits per heavy atom. The number of para-hydroxylation sites is 4. The van der Waals surface area contributed by atoms with Crippen LogP contribution in [0.1, 0.15) is 23.7 Å². The van der Waals surface area contributed by atoms with Gasteiger partial charge in [0, 0.05) is 50.4 Å². The second kappa shape index (κ2) is 19.1. The number of imidazole rings is 2. The smallest absolute Gasteiger partial charge is 0.406 e. The number of nitro groups is 1. The number of ether oxygens (including phenoxy) is 2. The van der Waals surface area contributed by atoms with Crippen LogP contribution in [-0.2, 0) is 26.2 Å². The standard InChI is InChI=1S/C22H16F3N3O4.C22H18F3N3O2.U.H2/c23-22(24,25)32-18-11-7-16(8-12-18)14-27-20-4-2-1-3-19(20)26(21(27)29)13-15-5-9-17(10-6-15)28(30)31;23-22(24,25)30-18-11-7-16(8-12-18)14-28-20-4-2-1-3-19(20)27(21(28)29)13-15-5-9-17(26)10-6-15;;/h1-12H,13-14H2;1-12H,13-14,26H2;;1H/i;;;1+2. The summed E-state index contributed by atoms with van der Waals surface area (Å²) in [7, 11) is 0. The van der Waals surface area contributed by atoms with E-state index < -0.39 is 17.6 Å². The molecule has 0 saturated heterocycles. The van der Waals surface area contributed by atoms with Gasteiger partial charge in [0.15, 0.2) is 0 Å². The first-order valence-electron chi connectivity index (χ1n) is 18.6. The van der Waals surface area contributed by atoms with E-state index in [9.17, 15) is 46.0 Å². The van der Waals surface area contributed by atoms with E-state index in [1.54, 1.807) is 62.2 Å². The van der Waals surface area contributed by atoms with E-state index in [1.807, 2.05) is 36.4 Å². The number of alkyl halides is 6. The van der Waals surface area contributed by atoms with Crippen LogP contribution in [0, 0.1) is 41.2 Å². The van der Waals surface area contributed by atoms with Gasteiger partial charge in [0.1, 0.15) is 11.5 Å². The number of benzene rings is 6. The summed E-state index contributed by atoms with van der Waals surface area (Å²) in [6.07, 6.45) is -9.52. The molecular formula is C44H36F6N6O6U. The molecule has 8 aromatic rings. The second-order valence-electron chi connectivity index (χ2n) is 13.9. The fourth-order valence-corrected chi connectivity index (χ4v) is 6.83. The maximum Gasteiger partial charge on any atom is 0.573 e. The Labute approximate surface area is 378 Å². The number of hydrogen-bond acceptors (Lipinski definition) is 7. The number of nitro benzene ring substituents is 1. The van der Waals surface area contributed by atoms with Crippen LogP contribution in [0.5, 0.6) is 11.5 Å². The number of aromatic nitrogens is 4. The molecule has 2 aromatic heterocycles. The van der Waals surface area contributed by atoms with Crippen molar-refractivity contribution < 1.29 is 73.3 Å². The predicted octanol–water partition coefficient (Wildman–Crippen LogP) is 9.33. The second-order valence-corrected chi connectivity index (χ2v) is 13.9. The molecule has 0 aliphatic carbocycles. The van der Waals surface area contributed by atoms with Gasteiger partial charge in [-0.15, -0.1) is 26.3 Å². The Kier molecular flexibility index (Phi) is 13.9. The minimum Gasteiger partial charge on any atom is -0.406 e.